The quantitative estimate of drug-likeness (QED) is 0.270. The predicted molar refractivity (Wildman–Crippen MR) is 133 cm³/mol. The zero-order valence-corrected chi connectivity index (χ0v) is 21.4. The van der Waals surface area contributed by atoms with E-state index in [2.05, 4.69) is 24.0 Å². The minimum atomic E-state index is -0.474. The summed E-state index contributed by atoms with van der Waals surface area (Å²) in [6, 6.07) is 8.60. The highest BCUT2D eigenvalue weighted by atomic mass is 35.5. The highest BCUT2D eigenvalue weighted by Crippen LogP contribution is 2.39. The van der Waals surface area contributed by atoms with Crippen LogP contribution in [0.4, 0.5) is 5.69 Å². The van der Waals surface area contributed by atoms with Crippen LogP contribution in [0.2, 0.25) is 10.0 Å². The molecule has 1 N–H and O–H groups in total. The summed E-state index contributed by atoms with van der Waals surface area (Å²) >= 11 is 13.6. The first-order valence-corrected chi connectivity index (χ1v) is 12.2. The van der Waals surface area contributed by atoms with Gasteiger partial charge in [-0.05, 0) is 65.3 Å². The molecule has 0 amide bonds. The fourth-order valence-electron chi connectivity index (χ4n) is 3.76. The molecule has 0 aliphatic heterocycles. The molecule has 0 aliphatic carbocycles. The Morgan fingerprint density at radius 3 is 2.36 bits per heavy atom. The molecule has 1 heterocycles. The molecule has 0 aliphatic rings. The Hall–Kier alpha value is -2.29. The van der Waals surface area contributed by atoms with E-state index in [1.807, 2.05) is 26.8 Å². The molecule has 0 radical (unpaired) electrons. The van der Waals surface area contributed by atoms with Crippen molar-refractivity contribution in [2.24, 2.45) is 0 Å². The van der Waals surface area contributed by atoms with E-state index in [0.29, 0.717) is 20.6 Å². The van der Waals surface area contributed by atoms with Crippen molar-refractivity contribution >= 4 is 40.7 Å². The second-order valence-electron chi connectivity index (χ2n) is 8.78. The molecule has 7 nitrogen and oxygen atoms in total. The number of nitro groups is 1. The topological polar surface area (TPSA) is 93.8 Å². The van der Waals surface area contributed by atoms with Crippen molar-refractivity contribution in [3.05, 3.63) is 72.1 Å². The molecule has 3 aromatic rings. The maximum atomic E-state index is 12.8. The molecule has 0 saturated heterocycles. The van der Waals surface area contributed by atoms with Gasteiger partial charge in [0.05, 0.1) is 25.6 Å². The third-order valence-electron chi connectivity index (χ3n) is 5.57. The van der Waals surface area contributed by atoms with Gasteiger partial charge in [0.1, 0.15) is 0 Å². The van der Waals surface area contributed by atoms with Gasteiger partial charge in [0.25, 0.3) is 5.69 Å². The Balaban J connectivity index is 2.15. The molecule has 33 heavy (non-hydrogen) atoms. The minimum Gasteiger partial charge on any atom is -0.258 e. The van der Waals surface area contributed by atoms with E-state index in [9.17, 15) is 14.9 Å². The first-order valence-electron chi connectivity index (χ1n) is 10.6. The van der Waals surface area contributed by atoms with Gasteiger partial charge in [0, 0.05) is 6.07 Å². The van der Waals surface area contributed by atoms with Crippen molar-refractivity contribution in [1.29, 1.82) is 0 Å². The molecular formula is C23H26Cl2N4O3S. The van der Waals surface area contributed by atoms with E-state index < -0.39 is 10.6 Å². The van der Waals surface area contributed by atoms with Crippen molar-refractivity contribution < 1.29 is 4.92 Å². The van der Waals surface area contributed by atoms with Crippen molar-refractivity contribution in [1.82, 2.24) is 14.8 Å². The predicted octanol–water partition coefficient (Wildman–Crippen LogP) is 7.13. The van der Waals surface area contributed by atoms with E-state index in [1.54, 1.807) is 24.3 Å². The maximum Gasteiger partial charge on any atom is 0.348 e. The Morgan fingerprint density at radius 1 is 1.15 bits per heavy atom. The maximum absolute atomic E-state index is 12.8. The van der Waals surface area contributed by atoms with Crippen molar-refractivity contribution in [2.75, 3.05) is 0 Å². The van der Waals surface area contributed by atoms with Crippen LogP contribution in [0.5, 0.6) is 0 Å². The van der Waals surface area contributed by atoms with Crippen LogP contribution in [-0.2, 0) is 5.41 Å². The van der Waals surface area contributed by atoms with Crippen LogP contribution in [0, 0.1) is 10.1 Å². The molecule has 2 aromatic carbocycles. The van der Waals surface area contributed by atoms with Crippen molar-refractivity contribution in [2.45, 2.75) is 68.8 Å². The molecule has 0 saturated carbocycles. The monoisotopic (exact) mass is 508 g/mol. The molecule has 10 heteroatoms. The van der Waals surface area contributed by atoms with Crippen molar-refractivity contribution in [3.63, 3.8) is 0 Å². The van der Waals surface area contributed by atoms with Crippen LogP contribution in [-0.4, -0.2) is 19.7 Å². The number of nitrogens with one attached hydrogen (secondary N) is 1. The van der Waals surface area contributed by atoms with Gasteiger partial charge < -0.3 is 0 Å². The summed E-state index contributed by atoms with van der Waals surface area (Å²) in [4.78, 5) is 24.6. The molecule has 0 fully saturated rings. The van der Waals surface area contributed by atoms with Crippen molar-refractivity contribution in [3.8, 4) is 5.69 Å². The summed E-state index contributed by atoms with van der Waals surface area (Å²) in [5.41, 5.74) is 1.39. The lowest BCUT2D eigenvalue weighted by Gasteiger charge is -2.24. The van der Waals surface area contributed by atoms with Crippen LogP contribution in [0.3, 0.4) is 0 Å². The number of halogens is 2. The molecule has 0 spiro atoms. The number of hydrogen-bond acceptors (Lipinski definition) is 5. The number of aromatic amines is 1. The van der Waals surface area contributed by atoms with Gasteiger partial charge in [-0.3, -0.25) is 10.1 Å². The van der Waals surface area contributed by atoms with Gasteiger partial charge >= 0.3 is 5.69 Å². The first kappa shape index (κ1) is 25.3. The highest BCUT2D eigenvalue weighted by Gasteiger charge is 2.26. The minimum absolute atomic E-state index is 0.0171. The number of H-pyrrole nitrogens is 1. The zero-order chi connectivity index (χ0) is 24.5. The third kappa shape index (κ3) is 5.28. The van der Waals surface area contributed by atoms with Crippen LogP contribution >= 0.6 is 35.0 Å². The summed E-state index contributed by atoms with van der Waals surface area (Å²) in [6.45, 7) is 10.1. The molecule has 1 aromatic heterocycles. The Kier molecular flexibility index (Phi) is 7.61. The number of nitrogens with zero attached hydrogens (tertiary/aromatic N) is 3. The van der Waals surface area contributed by atoms with E-state index in [-0.39, 0.29) is 22.2 Å². The third-order valence-corrected chi connectivity index (χ3v) is 7.31. The number of nitro benzene ring substituents is 1. The first-order chi connectivity index (χ1) is 15.5. The van der Waals surface area contributed by atoms with E-state index in [0.717, 1.165) is 35.7 Å². The average molecular weight is 509 g/mol. The lowest BCUT2D eigenvalue weighted by molar-refractivity contribution is -0.387. The van der Waals surface area contributed by atoms with E-state index in [1.165, 1.54) is 4.57 Å². The van der Waals surface area contributed by atoms with E-state index >= 15 is 0 Å². The summed E-state index contributed by atoms with van der Waals surface area (Å²) < 4.78 is 1.38. The molecule has 3 rings (SSSR count). The van der Waals surface area contributed by atoms with Crippen LogP contribution < -0.4 is 5.69 Å². The number of hydrogen-bond donors (Lipinski definition) is 1. The summed E-state index contributed by atoms with van der Waals surface area (Å²) in [5, 5.41) is 19.4. The smallest absolute Gasteiger partial charge is 0.258 e. The fourth-order valence-corrected chi connectivity index (χ4v) is 5.02. The average Bonchev–Trinajstić information content (AvgIpc) is 3.10. The van der Waals surface area contributed by atoms with Gasteiger partial charge in [0.15, 0.2) is 0 Å². The van der Waals surface area contributed by atoms with Crippen LogP contribution in [0.25, 0.3) is 5.69 Å². The standard InChI is InChI=1S/C23H26Cl2N4O3S/c1-6-13(7-2)14-8-9-20(19(10-14)29(31)32)33-22-27-26-21(30)28(22)18-12-17(25)16(24)11-15(18)23(3,4)5/h8-13H,6-7H2,1-5H3,(H,26,30). The molecular weight excluding hydrogens is 483 g/mol. The Bertz CT molecular complexity index is 1240. The highest BCUT2D eigenvalue weighted by molar-refractivity contribution is 7.99. The molecule has 0 atom stereocenters. The lowest BCUT2D eigenvalue weighted by Crippen LogP contribution is -2.22. The summed E-state index contributed by atoms with van der Waals surface area (Å²) in [6.07, 6.45) is 1.79. The lowest BCUT2D eigenvalue weighted by atomic mass is 9.85. The van der Waals surface area contributed by atoms with E-state index in [4.69, 9.17) is 23.2 Å². The largest absolute Gasteiger partial charge is 0.348 e. The zero-order valence-electron chi connectivity index (χ0n) is 19.1. The van der Waals surface area contributed by atoms with Gasteiger partial charge in [-0.1, -0.05) is 63.9 Å². The fraction of sp³-hybridized carbons (Fsp3) is 0.391. The number of benzene rings is 2. The molecule has 0 bridgehead atoms. The Labute approximate surface area is 206 Å². The Morgan fingerprint density at radius 2 is 1.79 bits per heavy atom. The van der Waals surface area contributed by atoms with Gasteiger partial charge in [0.2, 0.25) is 5.16 Å². The molecule has 0 unspecified atom stereocenters. The second-order valence-corrected chi connectivity index (χ2v) is 10.6. The normalized spacial score (nSPS) is 11.9. The van der Waals surface area contributed by atoms with Gasteiger partial charge in [-0.2, -0.15) is 0 Å². The van der Waals surface area contributed by atoms with Crippen LogP contribution in [0.15, 0.2) is 45.2 Å². The second kappa shape index (κ2) is 9.91. The summed E-state index contributed by atoms with van der Waals surface area (Å²) in [5.74, 6) is 0.247. The van der Waals surface area contributed by atoms with Gasteiger partial charge in [-0.15, -0.1) is 5.10 Å². The molecule has 176 valence electrons. The number of rotatable bonds is 7. The SMILES string of the molecule is CCC(CC)c1ccc(Sc2n[nH]c(=O)n2-c2cc(Cl)c(Cl)cc2C(C)(C)C)c([N+](=O)[O-])c1. The number of aromatic nitrogens is 3. The summed E-state index contributed by atoms with van der Waals surface area (Å²) in [7, 11) is 0. The van der Waals surface area contributed by atoms with Crippen LogP contribution in [0.1, 0.15) is 64.5 Å². The van der Waals surface area contributed by atoms with Gasteiger partial charge in [-0.25, -0.2) is 14.5 Å².